The molecule has 0 bridgehead atoms. The standard InChI is InChI=1S/C14H14F3N3O2/c15-14(16,17)11-5-10(2-1-9(11)6-18)20-12(22)19-7-13(8-21)3-4-13/h1-2,5,21H,3-4,7-8H2,(H2,19,20,22). The molecule has 0 atom stereocenters. The molecule has 0 saturated heterocycles. The largest absolute Gasteiger partial charge is 0.417 e. The summed E-state index contributed by atoms with van der Waals surface area (Å²) in [5, 5.41) is 22.6. The number of carbonyl (C=O) groups excluding carboxylic acids is 1. The number of nitrogens with zero attached hydrogens (tertiary/aromatic N) is 1. The van der Waals surface area contributed by atoms with Gasteiger partial charge in [-0.05, 0) is 31.0 Å². The number of alkyl halides is 3. The van der Waals surface area contributed by atoms with Crippen molar-refractivity contribution in [1.82, 2.24) is 5.32 Å². The van der Waals surface area contributed by atoms with Gasteiger partial charge in [-0.15, -0.1) is 0 Å². The molecule has 5 nitrogen and oxygen atoms in total. The number of aliphatic hydroxyl groups excluding tert-OH is 1. The summed E-state index contributed by atoms with van der Waals surface area (Å²) >= 11 is 0. The number of carbonyl (C=O) groups is 1. The van der Waals surface area contributed by atoms with Crippen molar-refractivity contribution in [1.29, 1.82) is 5.26 Å². The molecule has 0 unspecified atom stereocenters. The molecule has 0 aliphatic heterocycles. The summed E-state index contributed by atoms with van der Waals surface area (Å²) in [7, 11) is 0. The van der Waals surface area contributed by atoms with Gasteiger partial charge in [0.1, 0.15) is 0 Å². The Morgan fingerprint density at radius 2 is 2.09 bits per heavy atom. The van der Waals surface area contributed by atoms with E-state index >= 15 is 0 Å². The Labute approximate surface area is 124 Å². The van der Waals surface area contributed by atoms with Crippen molar-refractivity contribution in [2.75, 3.05) is 18.5 Å². The average Bonchev–Trinajstić information content (AvgIpc) is 3.25. The minimum absolute atomic E-state index is 0.0393. The van der Waals surface area contributed by atoms with Gasteiger partial charge in [0.25, 0.3) is 0 Å². The number of amides is 2. The summed E-state index contributed by atoms with van der Waals surface area (Å²) in [5.74, 6) is 0. The highest BCUT2D eigenvalue weighted by atomic mass is 19.4. The Hall–Kier alpha value is -2.27. The van der Waals surface area contributed by atoms with Crippen molar-refractivity contribution in [3.05, 3.63) is 29.3 Å². The van der Waals surface area contributed by atoms with E-state index in [9.17, 15) is 18.0 Å². The van der Waals surface area contributed by atoms with Gasteiger partial charge < -0.3 is 15.7 Å². The van der Waals surface area contributed by atoms with Crippen LogP contribution in [-0.4, -0.2) is 24.3 Å². The number of nitrogens with one attached hydrogen (secondary N) is 2. The van der Waals surface area contributed by atoms with Crippen LogP contribution in [0, 0.1) is 16.7 Å². The Balaban J connectivity index is 2.04. The molecule has 0 heterocycles. The molecule has 3 N–H and O–H groups in total. The number of nitriles is 1. The van der Waals surface area contributed by atoms with Crippen LogP contribution in [0.3, 0.4) is 0 Å². The number of hydrogen-bond acceptors (Lipinski definition) is 3. The molecule has 1 fully saturated rings. The van der Waals surface area contributed by atoms with E-state index in [1.165, 1.54) is 12.1 Å². The fourth-order valence-electron chi connectivity index (χ4n) is 1.96. The summed E-state index contributed by atoms with van der Waals surface area (Å²) < 4.78 is 38.4. The third-order valence-corrected chi connectivity index (χ3v) is 3.62. The Morgan fingerprint density at radius 3 is 2.59 bits per heavy atom. The SMILES string of the molecule is N#Cc1ccc(NC(=O)NCC2(CO)CC2)cc1C(F)(F)F. The predicted octanol–water partition coefficient (Wildman–Crippen LogP) is 2.47. The first-order chi connectivity index (χ1) is 10.3. The van der Waals surface area contributed by atoms with Crippen LogP contribution in [0.2, 0.25) is 0 Å². The van der Waals surface area contributed by atoms with E-state index in [-0.39, 0.29) is 24.3 Å². The highest BCUT2D eigenvalue weighted by molar-refractivity contribution is 5.89. The number of benzene rings is 1. The van der Waals surface area contributed by atoms with Crippen LogP contribution in [0.1, 0.15) is 24.0 Å². The molecular formula is C14H14F3N3O2. The third-order valence-electron chi connectivity index (χ3n) is 3.62. The van der Waals surface area contributed by atoms with Crippen LogP contribution in [0.25, 0.3) is 0 Å². The molecule has 0 aromatic heterocycles. The minimum atomic E-state index is -4.67. The van der Waals surface area contributed by atoms with Crippen molar-refractivity contribution in [2.45, 2.75) is 19.0 Å². The first-order valence-corrected chi connectivity index (χ1v) is 6.57. The van der Waals surface area contributed by atoms with Crippen molar-refractivity contribution in [2.24, 2.45) is 5.41 Å². The summed E-state index contributed by atoms with van der Waals surface area (Å²) in [6, 6.07) is 3.77. The van der Waals surface area contributed by atoms with Crippen LogP contribution in [0.15, 0.2) is 18.2 Å². The molecule has 1 saturated carbocycles. The third kappa shape index (κ3) is 3.68. The maximum atomic E-state index is 12.8. The smallest absolute Gasteiger partial charge is 0.396 e. The maximum absolute atomic E-state index is 12.8. The quantitative estimate of drug-likeness (QED) is 0.798. The van der Waals surface area contributed by atoms with E-state index in [0.717, 1.165) is 25.0 Å². The summed E-state index contributed by atoms with van der Waals surface area (Å²) in [5.41, 5.74) is -1.95. The van der Waals surface area contributed by atoms with E-state index in [4.69, 9.17) is 10.4 Å². The summed E-state index contributed by atoms with van der Waals surface area (Å²) in [6.07, 6.45) is -3.06. The van der Waals surface area contributed by atoms with Crippen LogP contribution >= 0.6 is 0 Å². The molecule has 22 heavy (non-hydrogen) atoms. The first kappa shape index (κ1) is 16.1. The fraction of sp³-hybridized carbons (Fsp3) is 0.429. The van der Waals surface area contributed by atoms with Crippen LogP contribution in [-0.2, 0) is 6.18 Å². The molecule has 1 aromatic carbocycles. The van der Waals surface area contributed by atoms with Crippen molar-refractivity contribution in [3.63, 3.8) is 0 Å². The maximum Gasteiger partial charge on any atom is 0.417 e. The molecule has 2 amide bonds. The fourth-order valence-corrected chi connectivity index (χ4v) is 1.96. The molecule has 0 spiro atoms. The van der Waals surface area contributed by atoms with Crippen molar-refractivity contribution in [3.8, 4) is 6.07 Å². The Kier molecular flexibility index (Phi) is 4.28. The second kappa shape index (κ2) is 5.85. The van der Waals surface area contributed by atoms with Crippen molar-refractivity contribution >= 4 is 11.7 Å². The first-order valence-electron chi connectivity index (χ1n) is 6.57. The van der Waals surface area contributed by atoms with Crippen LogP contribution < -0.4 is 10.6 Å². The monoisotopic (exact) mass is 313 g/mol. The van der Waals surface area contributed by atoms with Crippen molar-refractivity contribution < 1.29 is 23.1 Å². The van der Waals surface area contributed by atoms with E-state index in [1.54, 1.807) is 0 Å². The van der Waals surface area contributed by atoms with E-state index in [2.05, 4.69) is 10.6 Å². The van der Waals surface area contributed by atoms with Crippen LogP contribution in [0.5, 0.6) is 0 Å². The lowest BCUT2D eigenvalue weighted by Crippen LogP contribution is -2.35. The lowest BCUT2D eigenvalue weighted by atomic mass is 10.1. The number of urea groups is 1. The van der Waals surface area contributed by atoms with Gasteiger partial charge in [-0.2, -0.15) is 18.4 Å². The van der Waals surface area contributed by atoms with Gasteiger partial charge in [0, 0.05) is 17.6 Å². The van der Waals surface area contributed by atoms with Crippen LogP contribution in [0.4, 0.5) is 23.7 Å². The van der Waals surface area contributed by atoms with Gasteiger partial charge in [-0.3, -0.25) is 0 Å². The zero-order chi connectivity index (χ0) is 16.4. The molecule has 1 aliphatic carbocycles. The van der Waals surface area contributed by atoms with E-state index in [0.29, 0.717) is 0 Å². The number of halogens is 3. The average molecular weight is 313 g/mol. The van der Waals surface area contributed by atoms with Gasteiger partial charge in [-0.25, -0.2) is 4.79 Å². The predicted molar refractivity (Wildman–Crippen MR) is 71.9 cm³/mol. The summed E-state index contributed by atoms with van der Waals surface area (Å²) in [6.45, 7) is 0.222. The Bertz CT molecular complexity index is 619. The highest BCUT2D eigenvalue weighted by Crippen LogP contribution is 2.44. The summed E-state index contributed by atoms with van der Waals surface area (Å²) in [4.78, 5) is 11.7. The molecule has 0 radical (unpaired) electrons. The zero-order valence-electron chi connectivity index (χ0n) is 11.5. The zero-order valence-corrected chi connectivity index (χ0v) is 11.5. The highest BCUT2D eigenvalue weighted by Gasteiger charge is 2.42. The van der Waals surface area contributed by atoms with Gasteiger partial charge in [-0.1, -0.05) is 0 Å². The molecule has 2 rings (SSSR count). The second-order valence-corrected chi connectivity index (χ2v) is 5.34. The van der Waals surface area contributed by atoms with E-state index in [1.807, 2.05) is 0 Å². The minimum Gasteiger partial charge on any atom is -0.396 e. The van der Waals surface area contributed by atoms with Gasteiger partial charge in [0.05, 0.1) is 23.8 Å². The number of aliphatic hydroxyl groups is 1. The van der Waals surface area contributed by atoms with Gasteiger partial charge in [0.15, 0.2) is 0 Å². The molecular weight excluding hydrogens is 299 g/mol. The lowest BCUT2D eigenvalue weighted by molar-refractivity contribution is -0.137. The van der Waals surface area contributed by atoms with Gasteiger partial charge in [0.2, 0.25) is 0 Å². The number of hydrogen-bond donors (Lipinski definition) is 3. The second-order valence-electron chi connectivity index (χ2n) is 5.34. The van der Waals surface area contributed by atoms with Gasteiger partial charge >= 0.3 is 12.2 Å². The molecule has 1 aromatic rings. The van der Waals surface area contributed by atoms with E-state index < -0.39 is 23.3 Å². The topological polar surface area (TPSA) is 85.2 Å². The molecule has 1 aliphatic rings. The normalized spacial score (nSPS) is 15.8. The lowest BCUT2D eigenvalue weighted by Gasteiger charge is -2.14. The number of rotatable bonds is 4. The molecule has 8 heteroatoms. The number of anilines is 1. The Morgan fingerprint density at radius 1 is 1.41 bits per heavy atom. The molecule has 118 valence electrons.